The Morgan fingerprint density at radius 2 is 1.76 bits per heavy atom. The lowest BCUT2D eigenvalue weighted by molar-refractivity contribution is -0.137. The Labute approximate surface area is 192 Å². The summed E-state index contributed by atoms with van der Waals surface area (Å²) in [6, 6.07) is 17.2. The van der Waals surface area contributed by atoms with Gasteiger partial charge in [0.2, 0.25) is 5.71 Å². The first-order valence-electron chi connectivity index (χ1n) is 11.0. The smallest absolute Gasteiger partial charge is 0.303 e. The second-order valence-corrected chi connectivity index (χ2v) is 7.52. The van der Waals surface area contributed by atoms with E-state index in [1.807, 2.05) is 54.6 Å². The third-order valence-corrected chi connectivity index (χ3v) is 5.15. The summed E-state index contributed by atoms with van der Waals surface area (Å²) < 4.78 is 11.1. The summed E-state index contributed by atoms with van der Waals surface area (Å²) in [6.07, 6.45) is 5.90. The van der Waals surface area contributed by atoms with Crippen LogP contribution in [0.1, 0.15) is 39.0 Å². The van der Waals surface area contributed by atoms with Crippen LogP contribution in [0.5, 0.6) is 5.75 Å². The van der Waals surface area contributed by atoms with Gasteiger partial charge in [0.05, 0.1) is 13.4 Å². The SMILES string of the molecule is CCCCCCC(=O)O.COc1ccc(-c2c(-c3ccccc3)oc3nc[nH]c(=O)c23)cc1. The Balaban J connectivity index is 0.000000292. The molecule has 33 heavy (non-hydrogen) atoms. The Hall–Kier alpha value is -3.87. The van der Waals surface area contributed by atoms with Crippen molar-refractivity contribution in [3.05, 3.63) is 71.3 Å². The summed E-state index contributed by atoms with van der Waals surface area (Å²) in [5.74, 6) is 0.700. The fourth-order valence-electron chi connectivity index (χ4n) is 3.47. The zero-order chi connectivity index (χ0) is 23.6. The molecule has 0 unspecified atom stereocenters. The number of carboxylic acid groups (broad SMARTS) is 1. The molecule has 172 valence electrons. The summed E-state index contributed by atoms with van der Waals surface area (Å²) in [6.45, 7) is 2.11. The first-order chi connectivity index (χ1) is 16.0. The van der Waals surface area contributed by atoms with Crippen LogP contribution in [0.15, 0.2) is 70.1 Å². The first-order valence-corrected chi connectivity index (χ1v) is 11.0. The van der Waals surface area contributed by atoms with Crippen molar-refractivity contribution in [3.8, 4) is 28.2 Å². The minimum Gasteiger partial charge on any atom is -0.497 e. The molecule has 0 radical (unpaired) electrons. The van der Waals surface area contributed by atoms with Gasteiger partial charge in [-0.05, 0) is 24.1 Å². The normalized spacial score (nSPS) is 10.5. The van der Waals surface area contributed by atoms with E-state index in [-0.39, 0.29) is 5.56 Å². The quantitative estimate of drug-likeness (QED) is 0.325. The zero-order valence-electron chi connectivity index (χ0n) is 18.8. The highest BCUT2D eigenvalue weighted by molar-refractivity contribution is 5.99. The third kappa shape index (κ3) is 6.10. The number of carboxylic acids is 1. The number of aliphatic carboxylic acids is 1. The number of aromatic amines is 1. The maximum Gasteiger partial charge on any atom is 0.303 e. The number of benzene rings is 2. The number of nitrogens with one attached hydrogen (secondary N) is 1. The van der Waals surface area contributed by atoms with Gasteiger partial charge in [-0.2, -0.15) is 0 Å². The number of H-pyrrole nitrogens is 1. The number of fused-ring (bicyclic) bond motifs is 1. The molecule has 2 N–H and O–H groups in total. The Kier molecular flexibility index (Phi) is 8.41. The average Bonchev–Trinajstić information content (AvgIpc) is 3.24. The molecule has 4 rings (SSSR count). The van der Waals surface area contributed by atoms with Crippen molar-refractivity contribution in [2.24, 2.45) is 0 Å². The van der Waals surface area contributed by atoms with E-state index in [4.69, 9.17) is 14.3 Å². The summed E-state index contributed by atoms with van der Waals surface area (Å²) >= 11 is 0. The van der Waals surface area contributed by atoms with Gasteiger partial charge in [-0.3, -0.25) is 9.59 Å². The molecule has 2 aromatic heterocycles. The molecule has 4 aromatic rings. The summed E-state index contributed by atoms with van der Waals surface area (Å²) in [5, 5.41) is 8.66. The van der Waals surface area contributed by atoms with Crippen LogP contribution in [-0.2, 0) is 4.79 Å². The van der Waals surface area contributed by atoms with E-state index in [1.54, 1.807) is 7.11 Å². The molecule has 0 atom stereocenters. The lowest BCUT2D eigenvalue weighted by Gasteiger charge is -2.05. The number of hydrogen-bond acceptors (Lipinski definition) is 5. The number of methoxy groups -OCH3 is 1. The van der Waals surface area contributed by atoms with E-state index >= 15 is 0 Å². The minimum atomic E-state index is -0.675. The molecule has 0 amide bonds. The van der Waals surface area contributed by atoms with Crippen molar-refractivity contribution >= 4 is 17.1 Å². The molecule has 0 bridgehead atoms. The number of hydrogen-bond donors (Lipinski definition) is 2. The second kappa shape index (κ2) is 11.7. The van der Waals surface area contributed by atoms with E-state index < -0.39 is 5.97 Å². The molecule has 7 heteroatoms. The minimum absolute atomic E-state index is 0.225. The molecule has 2 aromatic carbocycles. The highest BCUT2D eigenvalue weighted by atomic mass is 16.5. The molecule has 0 saturated heterocycles. The molecule has 0 aliphatic rings. The van der Waals surface area contributed by atoms with Crippen LogP contribution in [0.4, 0.5) is 0 Å². The van der Waals surface area contributed by atoms with Gasteiger partial charge in [0.25, 0.3) is 5.56 Å². The van der Waals surface area contributed by atoms with Crippen molar-refractivity contribution in [2.45, 2.75) is 39.0 Å². The maximum absolute atomic E-state index is 12.4. The predicted octanol–water partition coefficient (Wildman–Crippen LogP) is 5.90. The number of unbranched alkanes of at least 4 members (excludes halogenated alkanes) is 3. The van der Waals surface area contributed by atoms with E-state index in [0.29, 0.717) is 23.3 Å². The monoisotopic (exact) mass is 448 g/mol. The number of carbonyl (C=O) groups is 1. The van der Waals surface area contributed by atoms with Crippen LogP contribution in [0, 0.1) is 0 Å². The number of nitrogens with zero attached hydrogens (tertiary/aromatic N) is 1. The molecule has 0 spiro atoms. The van der Waals surface area contributed by atoms with Gasteiger partial charge in [0, 0.05) is 17.5 Å². The first kappa shape index (κ1) is 23.8. The van der Waals surface area contributed by atoms with Gasteiger partial charge in [-0.1, -0.05) is 68.7 Å². The highest BCUT2D eigenvalue weighted by Crippen LogP contribution is 2.38. The van der Waals surface area contributed by atoms with Crippen LogP contribution in [0.2, 0.25) is 0 Å². The average molecular weight is 449 g/mol. The number of rotatable bonds is 8. The van der Waals surface area contributed by atoms with Gasteiger partial charge < -0.3 is 19.2 Å². The molecular formula is C26H28N2O5. The maximum atomic E-state index is 12.4. The Morgan fingerprint density at radius 3 is 2.39 bits per heavy atom. The van der Waals surface area contributed by atoms with Gasteiger partial charge in [0.1, 0.15) is 16.9 Å². The van der Waals surface area contributed by atoms with Crippen molar-refractivity contribution < 1.29 is 19.1 Å². The number of ether oxygens (including phenoxy) is 1. The highest BCUT2D eigenvalue weighted by Gasteiger charge is 2.20. The van der Waals surface area contributed by atoms with E-state index in [1.165, 1.54) is 12.7 Å². The van der Waals surface area contributed by atoms with E-state index in [9.17, 15) is 9.59 Å². The zero-order valence-corrected chi connectivity index (χ0v) is 18.8. The van der Waals surface area contributed by atoms with Crippen LogP contribution in [0.3, 0.4) is 0 Å². The standard InChI is InChI=1S/C19H14N2O3.C7H14O2/c1-23-14-9-7-12(8-10-14)15-16-18(22)20-11-21-19(16)24-17(15)13-5-3-2-4-6-13;1-2-3-4-5-6-7(8)9/h2-11H,1H3,(H,20,21,22);2-6H2,1H3,(H,8,9). The Bertz CT molecular complexity index is 1230. The fourth-order valence-corrected chi connectivity index (χ4v) is 3.47. The molecule has 7 nitrogen and oxygen atoms in total. The molecule has 0 aliphatic carbocycles. The topological polar surface area (TPSA) is 105 Å². The summed E-state index contributed by atoms with van der Waals surface area (Å²) in [7, 11) is 1.62. The molecule has 0 aliphatic heterocycles. The molecular weight excluding hydrogens is 420 g/mol. The third-order valence-electron chi connectivity index (χ3n) is 5.15. The van der Waals surface area contributed by atoms with Gasteiger partial charge in [0.15, 0.2) is 0 Å². The summed E-state index contributed by atoms with van der Waals surface area (Å²) in [5.41, 5.74) is 2.58. The van der Waals surface area contributed by atoms with Crippen molar-refractivity contribution in [1.82, 2.24) is 9.97 Å². The van der Waals surface area contributed by atoms with Crippen molar-refractivity contribution in [2.75, 3.05) is 7.11 Å². The fraction of sp³-hybridized carbons (Fsp3) is 0.269. The second-order valence-electron chi connectivity index (χ2n) is 7.52. The lowest BCUT2D eigenvalue weighted by atomic mass is 9.99. The number of aromatic nitrogens is 2. The van der Waals surface area contributed by atoms with E-state index in [0.717, 1.165) is 41.7 Å². The summed E-state index contributed by atoms with van der Waals surface area (Å²) in [4.78, 5) is 29.1. The lowest BCUT2D eigenvalue weighted by Crippen LogP contribution is -2.05. The largest absolute Gasteiger partial charge is 0.497 e. The van der Waals surface area contributed by atoms with Crippen molar-refractivity contribution in [1.29, 1.82) is 0 Å². The van der Waals surface area contributed by atoms with Gasteiger partial charge in [-0.25, -0.2) is 4.98 Å². The Morgan fingerprint density at radius 1 is 1.03 bits per heavy atom. The van der Waals surface area contributed by atoms with Crippen LogP contribution >= 0.6 is 0 Å². The van der Waals surface area contributed by atoms with Crippen LogP contribution in [0.25, 0.3) is 33.6 Å². The van der Waals surface area contributed by atoms with Gasteiger partial charge >= 0.3 is 5.97 Å². The van der Waals surface area contributed by atoms with E-state index in [2.05, 4.69) is 16.9 Å². The predicted molar refractivity (Wildman–Crippen MR) is 128 cm³/mol. The van der Waals surface area contributed by atoms with Crippen LogP contribution < -0.4 is 10.3 Å². The molecule has 0 saturated carbocycles. The van der Waals surface area contributed by atoms with Crippen LogP contribution in [-0.4, -0.2) is 28.2 Å². The molecule has 2 heterocycles. The van der Waals surface area contributed by atoms with Crippen molar-refractivity contribution in [3.63, 3.8) is 0 Å². The number of furan rings is 1. The molecule has 0 fully saturated rings. The van der Waals surface area contributed by atoms with Gasteiger partial charge in [-0.15, -0.1) is 0 Å².